The molecule has 2 fully saturated rings. The Balaban J connectivity index is 1.87. The Hall–Kier alpha value is -0.650. The van der Waals surface area contributed by atoms with Crippen molar-refractivity contribution in [2.24, 2.45) is 11.1 Å². The molecule has 0 bridgehead atoms. The zero-order valence-corrected chi connectivity index (χ0v) is 10.2. The quantitative estimate of drug-likeness (QED) is 0.636. The van der Waals surface area contributed by atoms with Crippen LogP contribution in [0.5, 0.6) is 0 Å². The van der Waals surface area contributed by atoms with Gasteiger partial charge in [-0.1, -0.05) is 12.8 Å². The van der Waals surface area contributed by atoms with E-state index in [1.165, 1.54) is 0 Å². The van der Waals surface area contributed by atoms with E-state index in [9.17, 15) is 9.90 Å². The van der Waals surface area contributed by atoms with Crippen LogP contribution >= 0.6 is 0 Å². The van der Waals surface area contributed by atoms with E-state index in [1.807, 2.05) is 0 Å². The Morgan fingerprint density at radius 2 is 2.06 bits per heavy atom. The summed E-state index contributed by atoms with van der Waals surface area (Å²) in [5.41, 5.74) is 4.99. The van der Waals surface area contributed by atoms with E-state index in [4.69, 9.17) is 10.5 Å². The molecule has 5 nitrogen and oxygen atoms in total. The molecule has 0 aromatic heterocycles. The molecule has 4 N–H and O–H groups in total. The van der Waals surface area contributed by atoms with Gasteiger partial charge in [-0.2, -0.15) is 0 Å². The van der Waals surface area contributed by atoms with Crippen LogP contribution in [0.15, 0.2) is 0 Å². The average Bonchev–Trinajstić information content (AvgIpc) is 2.96. The van der Waals surface area contributed by atoms with Crippen molar-refractivity contribution in [3.8, 4) is 0 Å². The second-order valence-corrected chi connectivity index (χ2v) is 5.51. The van der Waals surface area contributed by atoms with E-state index in [-0.39, 0.29) is 17.9 Å². The van der Waals surface area contributed by atoms with Crippen molar-refractivity contribution in [1.82, 2.24) is 5.32 Å². The van der Waals surface area contributed by atoms with E-state index >= 15 is 0 Å². The number of hydrogen-bond acceptors (Lipinski definition) is 4. The minimum Gasteiger partial charge on any atom is -0.396 e. The molecular weight excluding hydrogens is 220 g/mol. The first-order valence-electron chi connectivity index (χ1n) is 6.36. The Morgan fingerprint density at radius 1 is 1.35 bits per heavy atom. The number of carbonyl (C=O) groups is 1. The summed E-state index contributed by atoms with van der Waals surface area (Å²) < 4.78 is 5.17. The van der Waals surface area contributed by atoms with Gasteiger partial charge in [-0.05, 0) is 19.3 Å². The highest BCUT2D eigenvalue weighted by Crippen LogP contribution is 2.37. The van der Waals surface area contributed by atoms with Crippen LogP contribution in [0.4, 0.5) is 0 Å². The molecule has 1 amide bonds. The predicted molar refractivity (Wildman–Crippen MR) is 63.4 cm³/mol. The van der Waals surface area contributed by atoms with Gasteiger partial charge in [0, 0.05) is 18.6 Å². The summed E-state index contributed by atoms with van der Waals surface area (Å²) in [4.78, 5) is 12.0. The van der Waals surface area contributed by atoms with E-state index in [0.29, 0.717) is 26.2 Å². The van der Waals surface area contributed by atoms with Gasteiger partial charge in [-0.15, -0.1) is 0 Å². The van der Waals surface area contributed by atoms with Crippen LogP contribution in [-0.2, 0) is 9.53 Å². The van der Waals surface area contributed by atoms with Gasteiger partial charge >= 0.3 is 0 Å². The molecule has 1 saturated carbocycles. The third-order valence-corrected chi connectivity index (χ3v) is 4.13. The van der Waals surface area contributed by atoms with Crippen LogP contribution < -0.4 is 11.1 Å². The van der Waals surface area contributed by atoms with Crippen molar-refractivity contribution in [1.29, 1.82) is 0 Å². The molecular formula is C12H22N2O3. The third-order valence-electron chi connectivity index (χ3n) is 4.13. The molecule has 1 aliphatic heterocycles. The van der Waals surface area contributed by atoms with Gasteiger partial charge in [-0.3, -0.25) is 4.79 Å². The van der Waals surface area contributed by atoms with Gasteiger partial charge in [0.1, 0.15) is 5.54 Å². The lowest BCUT2D eigenvalue weighted by molar-refractivity contribution is -0.127. The smallest absolute Gasteiger partial charge is 0.242 e. The zero-order valence-electron chi connectivity index (χ0n) is 10.2. The first-order chi connectivity index (χ1) is 8.10. The molecule has 98 valence electrons. The fourth-order valence-corrected chi connectivity index (χ4v) is 2.72. The monoisotopic (exact) mass is 242 g/mol. The molecule has 1 aliphatic carbocycles. The minimum atomic E-state index is -0.866. The Bertz CT molecular complexity index is 281. The third kappa shape index (κ3) is 2.61. The molecule has 1 saturated heterocycles. The predicted octanol–water partition coefficient (Wildman–Crippen LogP) is -0.227. The maximum Gasteiger partial charge on any atom is 0.242 e. The number of carbonyl (C=O) groups excluding carboxylic acids is 1. The summed E-state index contributed by atoms with van der Waals surface area (Å²) in [6, 6.07) is 0. The number of amides is 1. The lowest BCUT2D eigenvalue weighted by atomic mass is 9.86. The summed E-state index contributed by atoms with van der Waals surface area (Å²) in [6.45, 7) is 1.52. The number of rotatable bonds is 4. The molecule has 1 heterocycles. The molecule has 2 rings (SSSR count). The maximum atomic E-state index is 12.0. The van der Waals surface area contributed by atoms with E-state index < -0.39 is 5.54 Å². The number of hydrogen-bond donors (Lipinski definition) is 3. The first kappa shape index (κ1) is 12.8. The normalized spacial score (nSPS) is 31.6. The lowest BCUT2D eigenvalue weighted by Gasteiger charge is -2.29. The Kier molecular flexibility index (Phi) is 3.70. The highest BCUT2D eigenvalue weighted by atomic mass is 16.5. The number of aliphatic hydroxyl groups is 1. The number of nitrogens with two attached hydrogens (primary N) is 1. The summed E-state index contributed by atoms with van der Waals surface area (Å²) in [5.74, 6) is -0.144. The van der Waals surface area contributed by atoms with Crippen molar-refractivity contribution in [3.05, 3.63) is 0 Å². The van der Waals surface area contributed by atoms with E-state index in [1.54, 1.807) is 0 Å². The maximum absolute atomic E-state index is 12.0. The van der Waals surface area contributed by atoms with Crippen LogP contribution in [0.25, 0.3) is 0 Å². The van der Waals surface area contributed by atoms with Crippen LogP contribution in [0.1, 0.15) is 32.1 Å². The average molecular weight is 242 g/mol. The topological polar surface area (TPSA) is 84.6 Å². The second kappa shape index (κ2) is 4.92. The molecule has 5 heteroatoms. The van der Waals surface area contributed by atoms with Gasteiger partial charge < -0.3 is 20.9 Å². The second-order valence-electron chi connectivity index (χ2n) is 5.51. The molecule has 17 heavy (non-hydrogen) atoms. The molecule has 1 atom stereocenters. The van der Waals surface area contributed by atoms with Crippen molar-refractivity contribution < 1.29 is 14.6 Å². The summed E-state index contributed by atoms with van der Waals surface area (Å²) >= 11 is 0. The van der Waals surface area contributed by atoms with Crippen LogP contribution in [-0.4, -0.2) is 42.9 Å². The van der Waals surface area contributed by atoms with Crippen molar-refractivity contribution in [3.63, 3.8) is 0 Å². The number of aliphatic hydroxyl groups excluding tert-OH is 1. The molecule has 0 aromatic rings. The standard InChI is InChI=1S/C12H22N2O3/c13-12(5-6-17-9-12)10(16)14-7-11(8-15)3-1-2-4-11/h15H,1-9,13H2,(H,14,16). The Morgan fingerprint density at radius 3 is 2.59 bits per heavy atom. The molecule has 1 unspecified atom stereocenters. The highest BCUT2D eigenvalue weighted by molar-refractivity contribution is 5.86. The van der Waals surface area contributed by atoms with Crippen molar-refractivity contribution in [2.45, 2.75) is 37.6 Å². The van der Waals surface area contributed by atoms with Gasteiger partial charge in [-0.25, -0.2) is 0 Å². The number of ether oxygens (including phenoxy) is 1. The lowest BCUT2D eigenvalue weighted by Crippen LogP contribution is -2.56. The first-order valence-corrected chi connectivity index (χ1v) is 6.36. The van der Waals surface area contributed by atoms with Crippen LogP contribution in [0.2, 0.25) is 0 Å². The molecule has 0 aromatic carbocycles. The fourth-order valence-electron chi connectivity index (χ4n) is 2.72. The summed E-state index contributed by atoms with van der Waals surface area (Å²) in [6.07, 6.45) is 4.81. The van der Waals surface area contributed by atoms with Gasteiger partial charge in [0.2, 0.25) is 5.91 Å². The molecule has 2 aliphatic rings. The van der Waals surface area contributed by atoms with Gasteiger partial charge in [0.15, 0.2) is 0 Å². The largest absolute Gasteiger partial charge is 0.396 e. The number of nitrogens with one attached hydrogen (secondary N) is 1. The Labute approximate surface area is 102 Å². The summed E-state index contributed by atoms with van der Waals surface area (Å²) in [5, 5.41) is 12.3. The minimum absolute atomic E-state index is 0.120. The molecule has 0 radical (unpaired) electrons. The van der Waals surface area contributed by atoms with E-state index in [2.05, 4.69) is 5.32 Å². The van der Waals surface area contributed by atoms with Crippen molar-refractivity contribution >= 4 is 5.91 Å². The summed E-state index contributed by atoms with van der Waals surface area (Å²) in [7, 11) is 0. The van der Waals surface area contributed by atoms with E-state index in [0.717, 1.165) is 25.7 Å². The van der Waals surface area contributed by atoms with Gasteiger partial charge in [0.05, 0.1) is 13.2 Å². The van der Waals surface area contributed by atoms with Gasteiger partial charge in [0.25, 0.3) is 0 Å². The van der Waals surface area contributed by atoms with Crippen LogP contribution in [0.3, 0.4) is 0 Å². The van der Waals surface area contributed by atoms with Crippen molar-refractivity contribution in [2.75, 3.05) is 26.4 Å². The SMILES string of the molecule is NC1(C(=O)NCC2(CO)CCCC2)CCOC1. The van der Waals surface area contributed by atoms with Crippen LogP contribution in [0, 0.1) is 5.41 Å². The highest BCUT2D eigenvalue weighted by Gasteiger charge is 2.40. The zero-order chi connectivity index (χ0) is 12.4. The fraction of sp³-hybridized carbons (Fsp3) is 0.917. The molecule has 0 spiro atoms.